The first kappa shape index (κ1) is 17.6. The van der Waals surface area contributed by atoms with E-state index in [0.717, 1.165) is 16.9 Å². The predicted molar refractivity (Wildman–Crippen MR) is 102 cm³/mol. The van der Waals surface area contributed by atoms with Crippen molar-refractivity contribution in [3.63, 3.8) is 0 Å². The van der Waals surface area contributed by atoms with E-state index in [4.69, 9.17) is 16.3 Å². The molecule has 0 aliphatic heterocycles. The number of amides is 1. The van der Waals surface area contributed by atoms with E-state index in [1.54, 1.807) is 18.3 Å². The minimum Gasteiger partial charge on any atom is -0.489 e. The highest BCUT2D eigenvalue weighted by Crippen LogP contribution is 2.14. The van der Waals surface area contributed by atoms with Gasteiger partial charge in [0.15, 0.2) is 0 Å². The van der Waals surface area contributed by atoms with Crippen molar-refractivity contribution in [3.05, 3.63) is 94.8 Å². The number of aromatic nitrogens is 1. The van der Waals surface area contributed by atoms with Crippen molar-refractivity contribution in [1.82, 2.24) is 10.4 Å². The van der Waals surface area contributed by atoms with Gasteiger partial charge in [-0.3, -0.25) is 4.79 Å². The minimum absolute atomic E-state index is 0.139. The number of pyridine rings is 1. The van der Waals surface area contributed by atoms with Gasteiger partial charge in [-0.25, -0.2) is 10.4 Å². The van der Waals surface area contributed by atoms with Gasteiger partial charge in [0.05, 0.1) is 11.8 Å². The van der Waals surface area contributed by atoms with Crippen LogP contribution < -0.4 is 10.2 Å². The number of rotatable bonds is 6. The molecule has 6 heteroatoms. The van der Waals surface area contributed by atoms with Crippen molar-refractivity contribution in [1.29, 1.82) is 0 Å². The SMILES string of the molecule is O=C(NN=Cc1ccc(OCc2ccccc2)cc1)c1cccnc1Cl. The number of carbonyl (C=O) groups excluding carboxylic acids is 1. The zero-order chi connectivity index (χ0) is 18.2. The van der Waals surface area contributed by atoms with Crippen LogP contribution in [-0.4, -0.2) is 17.1 Å². The molecule has 1 amide bonds. The van der Waals surface area contributed by atoms with E-state index in [1.165, 1.54) is 6.20 Å². The first-order chi connectivity index (χ1) is 12.7. The Labute approximate surface area is 156 Å². The largest absolute Gasteiger partial charge is 0.489 e. The van der Waals surface area contributed by atoms with E-state index in [0.29, 0.717) is 6.61 Å². The minimum atomic E-state index is -0.415. The smallest absolute Gasteiger partial charge is 0.274 e. The lowest BCUT2D eigenvalue weighted by Gasteiger charge is -2.06. The molecule has 130 valence electrons. The van der Waals surface area contributed by atoms with Crippen LogP contribution in [0.1, 0.15) is 21.5 Å². The van der Waals surface area contributed by atoms with E-state index in [-0.39, 0.29) is 10.7 Å². The van der Waals surface area contributed by atoms with E-state index < -0.39 is 5.91 Å². The zero-order valence-corrected chi connectivity index (χ0v) is 14.6. The summed E-state index contributed by atoms with van der Waals surface area (Å²) in [5.41, 5.74) is 4.63. The molecule has 1 heterocycles. The number of benzene rings is 2. The standard InChI is InChI=1S/C20H16ClN3O2/c21-19-18(7-4-12-22-19)20(25)24-23-13-15-8-10-17(11-9-15)26-14-16-5-2-1-3-6-16/h1-13H,14H2,(H,24,25). The Hall–Kier alpha value is -3.18. The van der Waals surface area contributed by atoms with Crippen molar-refractivity contribution in [2.75, 3.05) is 0 Å². The average Bonchev–Trinajstić information content (AvgIpc) is 2.68. The Morgan fingerprint density at radius 1 is 1.08 bits per heavy atom. The van der Waals surface area contributed by atoms with E-state index >= 15 is 0 Å². The van der Waals surface area contributed by atoms with Crippen molar-refractivity contribution < 1.29 is 9.53 Å². The lowest BCUT2D eigenvalue weighted by atomic mass is 10.2. The quantitative estimate of drug-likeness (QED) is 0.406. The van der Waals surface area contributed by atoms with Crippen LogP contribution in [0.15, 0.2) is 78.0 Å². The molecule has 5 nitrogen and oxygen atoms in total. The second-order valence-electron chi connectivity index (χ2n) is 5.38. The van der Waals surface area contributed by atoms with Crippen LogP contribution in [0, 0.1) is 0 Å². The lowest BCUT2D eigenvalue weighted by molar-refractivity contribution is 0.0955. The van der Waals surface area contributed by atoms with Gasteiger partial charge >= 0.3 is 0 Å². The number of carbonyl (C=O) groups is 1. The number of hydrogen-bond acceptors (Lipinski definition) is 4. The van der Waals surface area contributed by atoms with Gasteiger partial charge in [-0.15, -0.1) is 0 Å². The Balaban J connectivity index is 1.53. The molecule has 26 heavy (non-hydrogen) atoms. The highest BCUT2D eigenvalue weighted by Gasteiger charge is 2.08. The Kier molecular flexibility index (Phi) is 5.96. The highest BCUT2D eigenvalue weighted by atomic mass is 35.5. The number of nitrogens with one attached hydrogen (secondary N) is 1. The van der Waals surface area contributed by atoms with Gasteiger partial charge in [-0.2, -0.15) is 5.10 Å². The van der Waals surface area contributed by atoms with Crippen molar-refractivity contribution in [2.24, 2.45) is 5.10 Å². The van der Waals surface area contributed by atoms with E-state index in [1.807, 2.05) is 54.6 Å². The molecule has 0 unspecified atom stereocenters. The summed E-state index contributed by atoms with van der Waals surface area (Å²) in [7, 11) is 0. The number of hydrazone groups is 1. The summed E-state index contributed by atoms with van der Waals surface area (Å²) >= 11 is 5.87. The Morgan fingerprint density at radius 2 is 1.85 bits per heavy atom. The molecule has 3 rings (SSSR count). The van der Waals surface area contributed by atoms with Gasteiger partial charge < -0.3 is 4.74 Å². The normalized spacial score (nSPS) is 10.7. The highest BCUT2D eigenvalue weighted by molar-refractivity contribution is 6.32. The molecule has 0 fully saturated rings. The third kappa shape index (κ3) is 4.91. The molecular formula is C20H16ClN3O2. The van der Waals surface area contributed by atoms with Crippen molar-refractivity contribution in [3.8, 4) is 5.75 Å². The fourth-order valence-corrected chi connectivity index (χ4v) is 2.38. The molecule has 0 spiro atoms. The molecule has 0 saturated carbocycles. The summed E-state index contributed by atoms with van der Waals surface area (Å²) < 4.78 is 5.72. The fourth-order valence-electron chi connectivity index (χ4n) is 2.17. The van der Waals surface area contributed by atoms with Crippen LogP contribution in [-0.2, 0) is 6.61 Å². The molecule has 3 aromatic rings. The van der Waals surface area contributed by atoms with E-state index in [9.17, 15) is 4.79 Å². The van der Waals surface area contributed by atoms with Crippen molar-refractivity contribution in [2.45, 2.75) is 6.61 Å². The van der Waals surface area contributed by atoms with Crippen LogP contribution in [0.3, 0.4) is 0 Å². The topological polar surface area (TPSA) is 63.6 Å². The van der Waals surface area contributed by atoms with Crippen LogP contribution in [0.2, 0.25) is 5.15 Å². The average molecular weight is 366 g/mol. The lowest BCUT2D eigenvalue weighted by Crippen LogP contribution is -2.18. The molecule has 0 aliphatic carbocycles. The number of ether oxygens (including phenoxy) is 1. The van der Waals surface area contributed by atoms with Crippen LogP contribution >= 0.6 is 11.6 Å². The van der Waals surface area contributed by atoms with Crippen LogP contribution in [0.25, 0.3) is 0 Å². The number of halogens is 1. The molecule has 0 saturated heterocycles. The van der Waals surface area contributed by atoms with Gasteiger partial charge in [0.1, 0.15) is 17.5 Å². The van der Waals surface area contributed by atoms with Gasteiger partial charge in [0, 0.05) is 6.20 Å². The van der Waals surface area contributed by atoms with Crippen molar-refractivity contribution >= 4 is 23.7 Å². The monoisotopic (exact) mass is 365 g/mol. The summed E-state index contributed by atoms with van der Waals surface area (Å²) in [5.74, 6) is 0.347. The number of hydrogen-bond donors (Lipinski definition) is 1. The molecule has 0 aliphatic rings. The summed E-state index contributed by atoms with van der Waals surface area (Å²) in [4.78, 5) is 15.8. The van der Waals surface area contributed by atoms with Gasteiger partial charge in [0.2, 0.25) is 0 Å². The maximum absolute atomic E-state index is 12.0. The predicted octanol–water partition coefficient (Wildman–Crippen LogP) is 4.08. The Bertz CT molecular complexity index is 896. The third-order valence-electron chi connectivity index (χ3n) is 3.51. The molecule has 0 atom stereocenters. The summed E-state index contributed by atoms with van der Waals surface area (Å²) in [6.45, 7) is 0.510. The van der Waals surface area contributed by atoms with Gasteiger partial charge in [-0.1, -0.05) is 41.9 Å². The maximum Gasteiger partial charge on any atom is 0.274 e. The third-order valence-corrected chi connectivity index (χ3v) is 3.81. The van der Waals surface area contributed by atoms with Gasteiger partial charge in [0.25, 0.3) is 5.91 Å². The fraction of sp³-hybridized carbons (Fsp3) is 0.0500. The van der Waals surface area contributed by atoms with E-state index in [2.05, 4.69) is 15.5 Å². The molecule has 2 aromatic carbocycles. The van der Waals surface area contributed by atoms with Gasteiger partial charge in [-0.05, 0) is 47.5 Å². The van der Waals surface area contributed by atoms with Crippen LogP contribution in [0.4, 0.5) is 0 Å². The first-order valence-electron chi connectivity index (χ1n) is 7.93. The summed E-state index contributed by atoms with van der Waals surface area (Å²) in [6, 6.07) is 20.6. The second kappa shape index (κ2) is 8.78. The molecule has 0 radical (unpaired) electrons. The maximum atomic E-state index is 12.0. The molecule has 1 N–H and O–H groups in total. The molecular weight excluding hydrogens is 350 g/mol. The number of nitrogens with zero attached hydrogens (tertiary/aromatic N) is 2. The first-order valence-corrected chi connectivity index (χ1v) is 8.31. The second-order valence-corrected chi connectivity index (χ2v) is 5.74. The zero-order valence-electron chi connectivity index (χ0n) is 13.8. The molecule has 1 aromatic heterocycles. The molecule has 0 bridgehead atoms. The Morgan fingerprint density at radius 3 is 2.58 bits per heavy atom. The summed E-state index contributed by atoms with van der Waals surface area (Å²) in [6.07, 6.45) is 3.06. The summed E-state index contributed by atoms with van der Waals surface area (Å²) in [5, 5.41) is 4.07. The van der Waals surface area contributed by atoms with Crippen LogP contribution in [0.5, 0.6) is 5.75 Å².